The summed E-state index contributed by atoms with van der Waals surface area (Å²) < 4.78 is 5.06. The number of hydrogen-bond acceptors (Lipinski definition) is 2. The number of rotatable bonds is 6. The fourth-order valence-electron chi connectivity index (χ4n) is 1.82. The third-order valence-corrected chi connectivity index (χ3v) is 3.04. The molecule has 1 atom stereocenters. The van der Waals surface area contributed by atoms with E-state index in [1.807, 2.05) is 6.92 Å². The van der Waals surface area contributed by atoms with Crippen molar-refractivity contribution in [3.8, 4) is 0 Å². The topological polar surface area (TPSA) is 29.5 Å². The first-order chi connectivity index (χ1) is 7.63. The van der Waals surface area contributed by atoms with Crippen molar-refractivity contribution in [2.24, 2.45) is 0 Å². The molecular formula is C14H22O2. The van der Waals surface area contributed by atoms with E-state index in [-0.39, 0.29) is 0 Å². The summed E-state index contributed by atoms with van der Waals surface area (Å²) in [5.41, 5.74) is 1.76. The standard InChI is InChI=1S/C14H22O2/c1-4-12-6-8-13(9-7-12)10-14(15,5-2)11-16-3/h6-9,15H,4-5,10-11H2,1-3H3. The van der Waals surface area contributed by atoms with Gasteiger partial charge in [-0.05, 0) is 24.0 Å². The molecule has 1 aromatic rings. The van der Waals surface area contributed by atoms with Gasteiger partial charge in [-0.25, -0.2) is 0 Å². The Balaban J connectivity index is 2.70. The van der Waals surface area contributed by atoms with Crippen LogP contribution in [0, 0.1) is 0 Å². The van der Waals surface area contributed by atoms with Crippen LogP contribution in [-0.2, 0) is 17.6 Å². The molecule has 0 spiro atoms. The molecule has 0 bridgehead atoms. The van der Waals surface area contributed by atoms with Crippen LogP contribution in [0.2, 0.25) is 0 Å². The highest BCUT2D eigenvalue weighted by molar-refractivity contribution is 5.23. The van der Waals surface area contributed by atoms with Gasteiger partial charge >= 0.3 is 0 Å². The molecule has 0 aliphatic carbocycles. The zero-order valence-electron chi connectivity index (χ0n) is 10.5. The van der Waals surface area contributed by atoms with E-state index in [0.717, 1.165) is 6.42 Å². The van der Waals surface area contributed by atoms with Crippen LogP contribution in [0.15, 0.2) is 24.3 Å². The molecule has 0 aliphatic heterocycles. The molecule has 0 saturated heterocycles. The molecule has 1 aromatic carbocycles. The molecule has 16 heavy (non-hydrogen) atoms. The van der Waals surface area contributed by atoms with Gasteiger partial charge in [0, 0.05) is 13.5 Å². The Morgan fingerprint density at radius 1 is 1.12 bits per heavy atom. The molecule has 1 N–H and O–H groups in total. The number of methoxy groups -OCH3 is 1. The van der Waals surface area contributed by atoms with Crippen molar-refractivity contribution in [1.82, 2.24) is 0 Å². The van der Waals surface area contributed by atoms with Crippen molar-refractivity contribution < 1.29 is 9.84 Å². The molecule has 0 amide bonds. The molecule has 0 aromatic heterocycles. The van der Waals surface area contributed by atoms with Gasteiger partial charge in [-0.15, -0.1) is 0 Å². The van der Waals surface area contributed by atoms with E-state index in [1.165, 1.54) is 11.1 Å². The van der Waals surface area contributed by atoms with Crippen molar-refractivity contribution in [2.45, 2.75) is 38.7 Å². The van der Waals surface area contributed by atoms with E-state index in [0.29, 0.717) is 19.4 Å². The molecule has 0 aliphatic rings. The minimum absolute atomic E-state index is 0.388. The van der Waals surface area contributed by atoms with Crippen LogP contribution in [0.4, 0.5) is 0 Å². The quantitative estimate of drug-likeness (QED) is 0.801. The maximum atomic E-state index is 10.3. The average molecular weight is 222 g/mol. The van der Waals surface area contributed by atoms with Gasteiger partial charge in [0.25, 0.3) is 0 Å². The molecular weight excluding hydrogens is 200 g/mol. The lowest BCUT2D eigenvalue weighted by Gasteiger charge is -2.26. The van der Waals surface area contributed by atoms with Crippen molar-refractivity contribution in [3.63, 3.8) is 0 Å². The Labute approximate surface area is 98.3 Å². The molecule has 1 rings (SSSR count). The third kappa shape index (κ3) is 3.62. The number of ether oxygens (including phenoxy) is 1. The van der Waals surface area contributed by atoms with Gasteiger partial charge in [-0.1, -0.05) is 38.1 Å². The van der Waals surface area contributed by atoms with Gasteiger partial charge in [-0.2, -0.15) is 0 Å². The van der Waals surface area contributed by atoms with Crippen LogP contribution < -0.4 is 0 Å². The highest BCUT2D eigenvalue weighted by Gasteiger charge is 2.24. The molecule has 1 unspecified atom stereocenters. The summed E-state index contributed by atoms with van der Waals surface area (Å²) in [5.74, 6) is 0. The van der Waals surface area contributed by atoms with Crippen molar-refractivity contribution >= 4 is 0 Å². The van der Waals surface area contributed by atoms with Gasteiger partial charge in [0.05, 0.1) is 12.2 Å². The second-order valence-corrected chi connectivity index (χ2v) is 4.36. The Bertz CT molecular complexity index is 305. The predicted molar refractivity (Wildman–Crippen MR) is 66.6 cm³/mol. The molecule has 0 fully saturated rings. The van der Waals surface area contributed by atoms with Crippen LogP contribution >= 0.6 is 0 Å². The van der Waals surface area contributed by atoms with E-state index in [4.69, 9.17) is 4.74 Å². The lowest BCUT2D eigenvalue weighted by atomic mass is 9.92. The van der Waals surface area contributed by atoms with Gasteiger partial charge in [-0.3, -0.25) is 0 Å². The fraction of sp³-hybridized carbons (Fsp3) is 0.571. The number of hydrogen-bond donors (Lipinski definition) is 1. The van der Waals surface area contributed by atoms with Crippen LogP contribution in [0.1, 0.15) is 31.4 Å². The van der Waals surface area contributed by atoms with Crippen molar-refractivity contribution in [2.75, 3.05) is 13.7 Å². The van der Waals surface area contributed by atoms with Crippen molar-refractivity contribution in [1.29, 1.82) is 0 Å². The predicted octanol–water partition coefficient (Wildman–Crippen LogP) is 2.58. The second kappa shape index (κ2) is 6.02. The van der Waals surface area contributed by atoms with Gasteiger partial charge in [0.1, 0.15) is 0 Å². The Kier molecular flexibility index (Phi) is 4.97. The lowest BCUT2D eigenvalue weighted by Crippen LogP contribution is -2.35. The molecule has 90 valence electrons. The van der Waals surface area contributed by atoms with E-state index < -0.39 is 5.60 Å². The SMILES string of the molecule is CCc1ccc(CC(O)(CC)COC)cc1. The first-order valence-electron chi connectivity index (χ1n) is 5.92. The minimum atomic E-state index is -0.734. The Hall–Kier alpha value is -0.860. The summed E-state index contributed by atoms with van der Waals surface area (Å²) in [6.45, 7) is 4.51. The lowest BCUT2D eigenvalue weighted by molar-refractivity contribution is -0.0333. The number of benzene rings is 1. The zero-order valence-corrected chi connectivity index (χ0v) is 10.5. The summed E-state index contributed by atoms with van der Waals surface area (Å²) in [4.78, 5) is 0. The van der Waals surface area contributed by atoms with Gasteiger partial charge < -0.3 is 9.84 Å². The van der Waals surface area contributed by atoms with Gasteiger partial charge in [0.15, 0.2) is 0 Å². The van der Waals surface area contributed by atoms with Gasteiger partial charge in [0.2, 0.25) is 0 Å². The molecule has 2 heteroatoms. The molecule has 0 radical (unpaired) electrons. The number of aryl methyl sites for hydroxylation is 1. The zero-order chi connectivity index (χ0) is 12.0. The van der Waals surface area contributed by atoms with Crippen LogP contribution in [-0.4, -0.2) is 24.4 Å². The van der Waals surface area contributed by atoms with E-state index in [2.05, 4.69) is 31.2 Å². The van der Waals surface area contributed by atoms with E-state index in [9.17, 15) is 5.11 Å². The van der Waals surface area contributed by atoms with E-state index in [1.54, 1.807) is 7.11 Å². The summed E-state index contributed by atoms with van der Waals surface area (Å²) in [6, 6.07) is 8.43. The first-order valence-corrected chi connectivity index (χ1v) is 5.92. The maximum Gasteiger partial charge on any atom is 0.0917 e. The highest BCUT2D eigenvalue weighted by Crippen LogP contribution is 2.18. The van der Waals surface area contributed by atoms with Crippen LogP contribution in [0.25, 0.3) is 0 Å². The maximum absolute atomic E-state index is 10.3. The molecule has 0 saturated carbocycles. The summed E-state index contributed by atoms with van der Waals surface area (Å²) >= 11 is 0. The molecule has 2 nitrogen and oxygen atoms in total. The Morgan fingerprint density at radius 2 is 1.69 bits per heavy atom. The smallest absolute Gasteiger partial charge is 0.0917 e. The summed E-state index contributed by atoms with van der Waals surface area (Å²) in [6.07, 6.45) is 2.41. The highest BCUT2D eigenvalue weighted by atomic mass is 16.5. The third-order valence-electron chi connectivity index (χ3n) is 3.04. The minimum Gasteiger partial charge on any atom is -0.387 e. The first kappa shape index (κ1) is 13.2. The monoisotopic (exact) mass is 222 g/mol. The van der Waals surface area contributed by atoms with Crippen LogP contribution in [0.5, 0.6) is 0 Å². The summed E-state index contributed by atoms with van der Waals surface area (Å²) in [7, 11) is 1.63. The normalized spacial score (nSPS) is 14.8. The second-order valence-electron chi connectivity index (χ2n) is 4.36. The van der Waals surface area contributed by atoms with E-state index >= 15 is 0 Å². The summed E-state index contributed by atoms with van der Waals surface area (Å²) in [5, 5.41) is 10.3. The fourth-order valence-corrected chi connectivity index (χ4v) is 1.82. The average Bonchev–Trinajstić information content (AvgIpc) is 2.30. The Morgan fingerprint density at radius 3 is 2.12 bits per heavy atom. The molecule has 0 heterocycles. The van der Waals surface area contributed by atoms with Crippen molar-refractivity contribution in [3.05, 3.63) is 35.4 Å². The number of aliphatic hydroxyl groups is 1. The van der Waals surface area contributed by atoms with Crippen LogP contribution in [0.3, 0.4) is 0 Å². The largest absolute Gasteiger partial charge is 0.387 e.